The Bertz CT molecular complexity index is 379. The van der Waals surface area contributed by atoms with Crippen molar-refractivity contribution in [2.75, 3.05) is 13.1 Å². The number of carbonyl (C=O) groups is 2. The number of nitrogens with zero attached hydrogens (tertiary/aromatic N) is 1. The molecule has 0 bridgehead atoms. The number of amides is 2. The molecule has 2 fully saturated rings. The van der Waals surface area contributed by atoms with Gasteiger partial charge in [0, 0.05) is 13.1 Å². The molecule has 2 atom stereocenters. The van der Waals surface area contributed by atoms with Crippen molar-refractivity contribution in [1.82, 2.24) is 10.2 Å². The number of carboxylic acids is 1. The van der Waals surface area contributed by atoms with Crippen LogP contribution in [0.15, 0.2) is 0 Å². The zero-order chi connectivity index (χ0) is 14.8. The molecule has 5 heteroatoms. The van der Waals surface area contributed by atoms with Gasteiger partial charge < -0.3 is 15.3 Å². The minimum Gasteiger partial charge on any atom is -0.480 e. The van der Waals surface area contributed by atoms with Crippen LogP contribution >= 0.6 is 0 Å². The zero-order valence-electron chi connectivity index (χ0n) is 12.5. The first kappa shape index (κ1) is 15.1. The van der Waals surface area contributed by atoms with Crippen LogP contribution in [0.5, 0.6) is 0 Å². The molecule has 2 unspecified atom stereocenters. The third-order valence-corrected chi connectivity index (χ3v) is 4.80. The maximum absolute atomic E-state index is 12.3. The molecule has 0 radical (unpaired) electrons. The molecule has 2 aliphatic rings. The molecule has 1 saturated carbocycles. The van der Waals surface area contributed by atoms with Gasteiger partial charge in [0.25, 0.3) is 0 Å². The van der Waals surface area contributed by atoms with Crippen LogP contribution in [0.1, 0.15) is 52.4 Å². The number of piperidine rings is 1. The predicted octanol–water partition coefficient (Wildman–Crippen LogP) is 2.46. The monoisotopic (exact) mass is 282 g/mol. The van der Waals surface area contributed by atoms with Gasteiger partial charge in [-0.05, 0) is 43.4 Å². The van der Waals surface area contributed by atoms with Gasteiger partial charge in [-0.25, -0.2) is 9.59 Å². The number of aliphatic carboxylic acids is 1. The highest BCUT2D eigenvalue weighted by molar-refractivity contribution is 5.83. The number of likely N-dealkylation sites (tertiary alicyclic amines) is 1. The zero-order valence-corrected chi connectivity index (χ0v) is 12.5. The van der Waals surface area contributed by atoms with Gasteiger partial charge in [-0.15, -0.1) is 0 Å². The average Bonchev–Trinajstić information content (AvgIpc) is 3.16. The van der Waals surface area contributed by atoms with E-state index in [4.69, 9.17) is 0 Å². The first-order chi connectivity index (χ1) is 9.49. The summed E-state index contributed by atoms with van der Waals surface area (Å²) in [5.41, 5.74) is 0.296. The lowest BCUT2D eigenvalue weighted by Gasteiger charge is -2.37. The molecule has 1 aliphatic heterocycles. The molecule has 0 aromatic rings. The Morgan fingerprint density at radius 1 is 1.40 bits per heavy atom. The van der Waals surface area contributed by atoms with Crippen molar-refractivity contribution in [3.8, 4) is 0 Å². The Hall–Kier alpha value is -1.26. The summed E-state index contributed by atoms with van der Waals surface area (Å²) in [6, 6.07) is -0.878. The van der Waals surface area contributed by atoms with Crippen LogP contribution in [0.25, 0.3) is 0 Å². The maximum Gasteiger partial charge on any atom is 0.326 e. The summed E-state index contributed by atoms with van der Waals surface area (Å²) >= 11 is 0. The van der Waals surface area contributed by atoms with E-state index < -0.39 is 12.0 Å². The molecular weight excluding hydrogens is 256 g/mol. The molecule has 0 aromatic heterocycles. The van der Waals surface area contributed by atoms with Crippen LogP contribution in [0.4, 0.5) is 4.79 Å². The van der Waals surface area contributed by atoms with Gasteiger partial charge >= 0.3 is 12.0 Å². The second-order valence-corrected chi connectivity index (χ2v) is 6.50. The van der Waals surface area contributed by atoms with E-state index >= 15 is 0 Å². The van der Waals surface area contributed by atoms with Crippen molar-refractivity contribution in [3.05, 3.63) is 0 Å². The minimum atomic E-state index is -0.887. The first-order valence-corrected chi connectivity index (χ1v) is 7.76. The normalized spacial score (nSPS) is 28.0. The lowest BCUT2D eigenvalue weighted by atomic mass is 9.91. The number of carboxylic acid groups (broad SMARTS) is 1. The van der Waals surface area contributed by atoms with Crippen molar-refractivity contribution in [2.24, 2.45) is 11.3 Å². The van der Waals surface area contributed by atoms with Gasteiger partial charge in [0.05, 0.1) is 0 Å². The summed E-state index contributed by atoms with van der Waals surface area (Å²) < 4.78 is 0. The minimum absolute atomic E-state index is 0.0255. The highest BCUT2D eigenvalue weighted by atomic mass is 16.4. The Labute approximate surface area is 120 Å². The molecule has 1 aliphatic carbocycles. The van der Waals surface area contributed by atoms with Gasteiger partial charge in [-0.2, -0.15) is 0 Å². The summed E-state index contributed by atoms with van der Waals surface area (Å²) in [6.07, 6.45) is 6.40. The van der Waals surface area contributed by atoms with Gasteiger partial charge in [-0.1, -0.05) is 20.3 Å². The summed E-state index contributed by atoms with van der Waals surface area (Å²) in [5, 5.41) is 12.3. The van der Waals surface area contributed by atoms with E-state index in [1.807, 2.05) is 6.92 Å². The van der Waals surface area contributed by atoms with Crippen LogP contribution in [-0.4, -0.2) is 41.1 Å². The van der Waals surface area contributed by atoms with Crippen molar-refractivity contribution < 1.29 is 14.7 Å². The maximum atomic E-state index is 12.3. The molecular formula is C15H26N2O3. The number of urea groups is 1. The second kappa shape index (κ2) is 6.02. The second-order valence-electron chi connectivity index (χ2n) is 6.50. The van der Waals surface area contributed by atoms with Gasteiger partial charge in [0.15, 0.2) is 0 Å². The highest BCUT2D eigenvalue weighted by Gasteiger charge is 2.43. The standard InChI is InChI=1S/C15H26N2O3/c1-3-6-15(7-8-15)10-16-14(20)17-9-4-5-11(2)12(17)13(18)19/h11-12H,3-10H2,1-2H3,(H,16,20)(H,18,19). The summed E-state index contributed by atoms with van der Waals surface area (Å²) in [4.78, 5) is 25.2. The van der Waals surface area contributed by atoms with Crippen LogP contribution in [-0.2, 0) is 4.79 Å². The van der Waals surface area contributed by atoms with Crippen LogP contribution in [0.2, 0.25) is 0 Å². The van der Waals surface area contributed by atoms with Crippen LogP contribution in [0, 0.1) is 11.3 Å². The molecule has 2 N–H and O–H groups in total. The molecule has 2 rings (SSSR count). The molecule has 0 spiro atoms. The fourth-order valence-corrected chi connectivity index (χ4v) is 3.38. The van der Waals surface area contributed by atoms with E-state index in [0.717, 1.165) is 25.7 Å². The predicted molar refractivity (Wildman–Crippen MR) is 76.5 cm³/mol. The Morgan fingerprint density at radius 3 is 2.65 bits per heavy atom. The molecule has 0 aromatic carbocycles. The van der Waals surface area contributed by atoms with Gasteiger partial charge in [0.2, 0.25) is 0 Å². The van der Waals surface area contributed by atoms with E-state index in [1.54, 1.807) is 0 Å². The molecule has 2 amide bonds. The Morgan fingerprint density at radius 2 is 2.10 bits per heavy atom. The third kappa shape index (κ3) is 3.25. The number of carbonyl (C=O) groups excluding carboxylic acids is 1. The first-order valence-electron chi connectivity index (χ1n) is 7.76. The lowest BCUT2D eigenvalue weighted by Crippen LogP contribution is -2.55. The van der Waals surface area contributed by atoms with E-state index in [9.17, 15) is 14.7 Å². The topological polar surface area (TPSA) is 69.6 Å². The van der Waals surface area contributed by atoms with Crippen LogP contribution < -0.4 is 5.32 Å². The smallest absolute Gasteiger partial charge is 0.326 e. The number of hydrogen-bond donors (Lipinski definition) is 2. The fourth-order valence-electron chi connectivity index (χ4n) is 3.38. The van der Waals surface area contributed by atoms with E-state index in [0.29, 0.717) is 18.5 Å². The summed E-state index contributed by atoms with van der Waals surface area (Å²) in [7, 11) is 0. The molecule has 114 valence electrons. The SMILES string of the molecule is CCCC1(CNC(=O)N2CCCC(C)C2C(=O)O)CC1. The van der Waals surface area contributed by atoms with E-state index in [1.165, 1.54) is 17.7 Å². The van der Waals surface area contributed by atoms with Crippen molar-refractivity contribution in [2.45, 2.75) is 58.4 Å². The van der Waals surface area contributed by atoms with Crippen molar-refractivity contribution in [1.29, 1.82) is 0 Å². The molecule has 20 heavy (non-hydrogen) atoms. The highest BCUT2D eigenvalue weighted by Crippen LogP contribution is 2.48. The number of nitrogens with one attached hydrogen (secondary N) is 1. The van der Waals surface area contributed by atoms with E-state index in [2.05, 4.69) is 12.2 Å². The molecule has 1 heterocycles. The van der Waals surface area contributed by atoms with Gasteiger partial charge in [0.1, 0.15) is 6.04 Å². The number of rotatable bonds is 5. The van der Waals surface area contributed by atoms with Gasteiger partial charge in [-0.3, -0.25) is 0 Å². The number of hydrogen-bond acceptors (Lipinski definition) is 2. The summed E-state index contributed by atoms with van der Waals surface area (Å²) in [5.74, 6) is -0.862. The molecule has 1 saturated heterocycles. The van der Waals surface area contributed by atoms with E-state index in [-0.39, 0.29) is 11.9 Å². The van der Waals surface area contributed by atoms with Crippen molar-refractivity contribution >= 4 is 12.0 Å². The third-order valence-electron chi connectivity index (χ3n) is 4.80. The quantitative estimate of drug-likeness (QED) is 0.813. The average molecular weight is 282 g/mol. The Balaban J connectivity index is 1.91. The fraction of sp³-hybridized carbons (Fsp3) is 0.867. The summed E-state index contributed by atoms with van der Waals surface area (Å²) in [6.45, 7) is 5.32. The largest absolute Gasteiger partial charge is 0.480 e. The van der Waals surface area contributed by atoms with Crippen molar-refractivity contribution in [3.63, 3.8) is 0 Å². The Kier molecular flexibility index (Phi) is 4.55. The lowest BCUT2D eigenvalue weighted by molar-refractivity contribution is -0.145. The molecule has 5 nitrogen and oxygen atoms in total. The van der Waals surface area contributed by atoms with Crippen LogP contribution in [0.3, 0.4) is 0 Å².